The number of alkyl halides is 1. The minimum absolute atomic E-state index is 0.283. The Morgan fingerprint density at radius 2 is 1.68 bits per heavy atom. The summed E-state index contributed by atoms with van der Waals surface area (Å²) in [5.74, 6) is -4.14. The van der Waals surface area contributed by atoms with Crippen LogP contribution in [-0.4, -0.2) is 19.8 Å². The fourth-order valence-electron chi connectivity index (χ4n) is 1.64. The van der Waals surface area contributed by atoms with Crippen molar-refractivity contribution in [1.82, 2.24) is 4.72 Å². The molecule has 0 aliphatic carbocycles. The van der Waals surface area contributed by atoms with Crippen LogP contribution in [0.4, 0.5) is 13.2 Å². The van der Waals surface area contributed by atoms with Gasteiger partial charge in [-0.25, -0.2) is 26.3 Å². The molecule has 0 amide bonds. The summed E-state index contributed by atoms with van der Waals surface area (Å²) >= 11 is 5.70. The molecule has 108 valence electrons. The molecule has 1 rings (SSSR count). The lowest BCUT2D eigenvalue weighted by Crippen LogP contribution is -2.35. The highest BCUT2D eigenvalue weighted by Crippen LogP contribution is 2.20. The van der Waals surface area contributed by atoms with E-state index in [0.29, 0.717) is 12.1 Å². The number of hydrogen-bond acceptors (Lipinski definition) is 2. The average Bonchev–Trinajstić information content (AvgIpc) is 2.10. The zero-order valence-corrected chi connectivity index (χ0v) is 11.8. The van der Waals surface area contributed by atoms with Crippen LogP contribution in [0.25, 0.3) is 0 Å². The van der Waals surface area contributed by atoms with Gasteiger partial charge in [-0.05, 0) is 20.3 Å². The van der Waals surface area contributed by atoms with E-state index >= 15 is 0 Å². The molecule has 0 fully saturated rings. The first-order valence-corrected chi connectivity index (χ1v) is 7.36. The lowest BCUT2D eigenvalue weighted by Gasteiger charge is -2.16. The van der Waals surface area contributed by atoms with Crippen molar-refractivity contribution in [2.24, 2.45) is 0 Å². The molecule has 8 heteroatoms. The van der Waals surface area contributed by atoms with E-state index in [4.69, 9.17) is 11.6 Å². The van der Waals surface area contributed by atoms with Gasteiger partial charge in [-0.1, -0.05) is 0 Å². The summed E-state index contributed by atoms with van der Waals surface area (Å²) < 4.78 is 65.2. The number of hydrogen-bond donors (Lipinski definition) is 1. The first kappa shape index (κ1) is 16.3. The van der Waals surface area contributed by atoms with Gasteiger partial charge >= 0.3 is 0 Å². The van der Waals surface area contributed by atoms with Gasteiger partial charge in [0, 0.05) is 23.6 Å². The quantitative estimate of drug-likeness (QED) is 0.849. The van der Waals surface area contributed by atoms with E-state index < -0.39 is 38.4 Å². The summed E-state index contributed by atoms with van der Waals surface area (Å²) in [7, 11) is -4.41. The maximum Gasteiger partial charge on any atom is 0.246 e. The summed E-state index contributed by atoms with van der Waals surface area (Å²) in [6.07, 6.45) is 0.283. The fraction of sp³-hybridized carbons (Fsp3) is 0.455. The topological polar surface area (TPSA) is 46.2 Å². The second-order valence-corrected chi connectivity index (χ2v) is 6.63. The van der Waals surface area contributed by atoms with Crippen LogP contribution in [0.1, 0.15) is 20.3 Å². The Kier molecular flexibility index (Phi) is 5.23. The minimum atomic E-state index is -4.41. The van der Waals surface area contributed by atoms with Crippen molar-refractivity contribution in [1.29, 1.82) is 0 Å². The second-order valence-electron chi connectivity index (χ2n) is 4.24. The Hall–Kier alpha value is -0.790. The van der Waals surface area contributed by atoms with Crippen molar-refractivity contribution in [3.8, 4) is 0 Å². The van der Waals surface area contributed by atoms with Crippen LogP contribution in [-0.2, 0) is 10.0 Å². The van der Waals surface area contributed by atoms with Crippen LogP contribution in [0.15, 0.2) is 17.0 Å². The van der Waals surface area contributed by atoms with E-state index in [1.165, 1.54) is 6.92 Å². The largest absolute Gasteiger partial charge is 0.246 e. The predicted octanol–water partition coefficient (Wildman–Crippen LogP) is 2.79. The van der Waals surface area contributed by atoms with Gasteiger partial charge in [-0.15, -0.1) is 11.6 Å². The zero-order chi connectivity index (χ0) is 14.8. The summed E-state index contributed by atoms with van der Waals surface area (Å²) in [5.41, 5.74) is 0. The van der Waals surface area contributed by atoms with Gasteiger partial charge in [-0.2, -0.15) is 0 Å². The molecular weight excluding hydrogens is 303 g/mol. The Bertz CT molecular complexity index is 540. The lowest BCUT2D eigenvalue weighted by atomic mass is 10.2. The number of nitrogens with one attached hydrogen (secondary N) is 1. The number of sulfonamides is 1. The molecule has 0 radical (unpaired) electrons. The van der Waals surface area contributed by atoms with Crippen LogP contribution < -0.4 is 4.72 Å². The van der Waals surface area contributed by atoms with Gasteiger partial charge in [0.25, 0.3) is 0 Å². The molecule has 0 bridgehead atoms. The molecule has 0 heterocycles. The van der Waals surface area contributed by atoms with Crippen LogP contribution in [0.3, 0.4) is 0 Å². The van der Waals surface area contributed by atoms with Crippen molar-refractivity contribution in [3.05, 3.63) is 29.6 Å². The van der Waals surface area contributed by atoms with E-state index in [0.717, 1.165) is 0 Å². The highest BCUT2D eigenvalue weighted by Gasteiger charge is 2.26. The van der Waals surface area contributed by atoms with Gasteiger partial charge in [0.2, 0.25) is 10.0 Å². The number of benzene rings is 1. The van der Waals surface area contributed by atoms with Gasteiger partial charge in [0.15, 0.2) is 4.90 Å². The maximum absolute atomic E-state index is 13.4. The zero-order valence-electron chi connectivity index (χ0n) is 10.3. The Labute approximate surface area is 114 Å². The standard InChI is InChI=1S/C11H13ClF3NO2S/c1-6(12)3-7(2)16-19(17,18)11-9(14)4-8(13)5-10(11)15/h4-7,16H,3H2,1-2H3. The third-order valence-electron chi connectivity index (χ3n) is 2.27. The molecule has 3 nitrogen and oxygen atoms in total. The van der Waals surface area contributed by atoms with Crippen LogP contribution in [0.5, 0.6) is 0 Å². The van der Waals surface area contributed by atoms with Crippen LogP contribution in [0, 0.1) is 17.5 Å². The van der Waals surface area contributed by atoms with Crippen molar-refractivity contribution >= 4 is 21.6 Å². The normalized spacial score (nSPS) is 15.3. The summed E-state index contributed by atoms with van der Waals surface area (Å²) in [6, 6.07) is 0.0141. The second kappa shape index (κ2) is 6.11. The first-order valence-electron chi connectivity index (χ1n) is 5.44. The molecule has 1 aromatic carbocycles. The van der Waals surface area contributed by atoms with Crippen LogP contribution in [0.2, 0.25) is 0 Å². The third-order valence-corrected chi connectivity index (χ3v) is 4.08. The molecular formula is C11H13ClF3NO2S. The van der Waals surface area contributed by atoms with E-state index in [2.05, 4.69) is 4.72 Å². The molecule has 0 saturated heterocycles. The van der Waals surface area contributed by atoms with Crippen molar-refractivity contribution in [2.45, 2.75) is 36.6 Å². The van der Waals surface area contributed by atoms with Crippen molar-refractivity contribution in [3.63, 3.8) is 0 Å². The molecule has 1 aromatic rings. The van der Waals surface area contributed by atoms with Gasteiger partial charge in [0.05, 0.1) is 0 Å². The maximum atomic E-state index is 13.4. The highest BCUT2D eigenvalue weighted by molar-refractivity contribution is 7.89. The Morgan fingerprint density at radius 1 is 1.21 bits per heavy atom. The summed E-state index contributed by atoms with van der Waals surface area (Å²) in [5, 5.41) is -0.305. The predicted molar refractivity (Wildman–Crippen MR) is 66.0 cm³/mol. The van der Waals surface area contributed by atoms with Crippen molar-refractivity contribution in [2.75, 3.05) is 0 Å². The molecule has 0 spiro atoms. The summed E-state index contributed by atoms with van der Waals surface area (Å²) in [4.78, 5) is -1.19. The fourth-order valence-corrected chi connectivity index (χ4v) is 3.29. The average molecular weight is 316 g/mol. The highest BCUT2D eigenvalue weighted by atomic mass is 35.5. The molecule has 0 aliphatic rings. The van der Waals surface area contributed by atoms with Gasteiger partial charge in [-0.3, -0.25) is 0 Å². The van der Waals surface area contributed by atoms with Crippen LogP contribution >= 0.6 is 11.6 Å². The number of halogens is 4. The third kappa shape index (κ3) is 4.36. The molecule has 2 atom stereocenters. The molecule has 2 unspecified atom stereocenters. The molecule has 1 N–H and O–H groups in total. The Morgan fingerprint density at radius 3 is 2.11 bits per heavy atom. The smallest absolute Gasteiger partial charge is 0.208 e. The molecule has 0 saturated carbocycles. The van der Waals surface area contributed by atoms with E-state index in [1.807, 2.05) is 0 Å². The van der Waals surface area contributed by atoms with E-state index in [1.54, 1.807) is 6.92 Å². The SMILES string of the molecule is CC(Cl)CC(C)NS(=O)(=O)c1c(F)cc(F)cc1F. The van der Waals surface area contributed by atoms with E-state index in [9.17, 15) is 21.6 Å². The van der Waals surface area contributed by atoms with Gasteiger partial charge in [0.1, 0.15) is 17.5 Å². The molecule has 0 aromatic heterocycles. The van der Waals surface area contributed by atoms with Gasteiger partial charge < -0.3 is 0 Å². The minimum Gasteiger partial charge on any atom is -0.208 e. The Balaban J connectivity index is 3.08. The van der Waals surface area contributed by atoms with E-state index in [-0.39, 0.29) is 11.8 Å². The van der Waals surface area contributed by atoms with Crippen molar-refractivity contribution < 1.29 is 21.6 Å². The lowest BCUT2D eigenvalue weighted by molar-refractivity contribution is 0.487. The monoisotopic (exact) mass is 315 g/mol. The molecule has 19 heavy (non-hydrogen) atoms. The number of rotatable bonds is 5. The first-order chi connectivity index (χ1) is 8.63. The summed E-state index contributed by atoms with van der Waals surface area (Å²) in [6.45, 7) is 3.17. The molecule has 0 aliphatic heterocycles.